The summed E-state index contributed by atoms with van der Waals surface area (Å²) in [7, 11) is 0. The van der Waals surface area contributed by atoms with Gasteiger partial charge in [0.25, 0.3) is 0 Å². The van der Waals surface area contributed by atoms with Gasteiger partial charge in [0.05, 0.1) is 19.3 Å². The lowest BCUT2D eigenvalue weighted by Gasteiger charge is -2.12. The van der Waals surface area contributed by atoms with Gasteiger partial charge < -0.3 is 9.84 Å². The van der Waals surface area contributed by atoms with Crippen LogP contribution in [0.1, 0.15) is 31.9 Å². The van der Waals surface area contributed by atoms with Crippen molar-refractivity contribution in [3.05, 3.63) is 52.7 Å². The van der Waals surface area contributed by atoms with Crippen LogP contribution in [0.3, 0.4) is 0 Å². The van der Waals surface area contributed by atoms with Gasteiger partial charge in [-0.05, 0) is 31.0 Å². The van der Waals surface area contributed by atoms with Crippen molar-refractivity contribution in [2.24, 2.45) is 0 Å². The molecule has 2 aromatic rings. The first kappa shape index (κ1) is 15.4. The fourth-order valence-electron chi connectivity index (χ4n) is 2.13. The largest absolute Gasteiger partial charge is 0.494 e. The first-order chi connectivity index (χ1) is 10.2. The Bertz CT molecular complexity index is 613. The molecule has 5 heteroatoms. The van der Waals surface area contributed by atoms with Crippen molar-refractivity contribution in [1.29, 1.82) is 0 Å². The summed E-state index contributed by atoms with van der Waals surface area (Å²) in [5.74, 6) is 0.794. The Labute approximate surface area is 124 Å². The average molecular weight is 290 g/mol. The highest BCUT2D eigenvalue weighted by molar-refractivity contribution is 5.28. The van der Waals surface area contributed by atoms with Gasteiger partial charge in [0.15, 0.2) is 0 Å². The number of aromatic nitrogens is 2. The highest BCUT2D eigenvalue weighted by atomic mass is 16.5. The first-order valence-electron chi connectivity index (χ1n) is 7.32. The van der Waals surface area contributed by atoms with E-state index in [1.807, 2.05) is 31.2 Å². The summed E-state index contributed by atoms with van der Waals surface area (Å²) in [6.45, 7) is 5.53. The van der Waals surface area contributed by atoms with Crippen molar-refractivity contribution in [1.82, 2.24) is 9.13 Å². The van der Waals surface area contributed by atoms with Crippen LogP contribution in [0.25, 0.3) is 0 Å². The zero-order valence-electron chi connectivity index (χ0n) is 12.5. The number of aryl methyl sites for hydroxylation is 1. The van der Waals surface area contributed by atoms with Crippen molar-refractivity contribution in [2.75, 3.05) is 6.61 Å². The second kappa shape index (κ2) is 7.13. The number of hydrogen-bond donors (Lipinski definition) is 1. The number of hydrogen-bond acceptors (Lipinski definition) is 3. The van der Waals surface area contributed by atoms with E-state index in [0.29, 0.717) is 13.2 Å². The Kier molecular flexibility index (Phi) is 5.22. The van der Waals surface area contributed by atoms with Crippen LogP contribution >= 0.6 is 0 Å². The molecule has 0 fully saturated rings. The highest BCUT2D eigenvalue weighted by Crippen LogP contribution is 2.19. The standard InChI is InChI=1S/C16H22N2O3/c1-3-11-21-14-7-5-13(6-8-14)15(19)12-18-10-9-17(4-2)16(18)20/h5-10,15,19H,3-4,11-12H2,1-2H3. The molecule has 2 rings (SSSR count). The molecule has 0 aliphatic heterocycles. The fraction of sp³-hybridized carbons (Fsp3) is 0.438. The SMILES string of the molecule is CCCOc1ccc(C(O)Cn2ccn(CC)c2=O)cc1. The van der Waals surface area contributed by atoms with Gasteiger partial charge in [-0.25, -0.2) is 4.79 Å². The first-order valence-corrected chi connectivity index (χ1v) is 7.32. The van der Waals surface area contributed by atoms with Gasteiger partial charge in [-0.1, -0.05) is 19.1 Å². The Morgan fingerprint density at radius 1 is 1.14 bits per heavy atom. The quantitative estimate of drug-likeness (QED) is 0.850. The van der Waals surface area contributed by atoms with E-state index in [9.17, 15) is 9.90 Å². The number of rotatable bonds is 7. The van der Waals surface area contributed by atoms with Crippen LogP contribution in [0.15, 0.2) is 41.5 Å². The molecule has 0 saturated carbocycles. The third-order valence-corrected chi connectivity index (χ3v) is 3.37. The predicted octanol–water partition coefficient (Wildman–Crippen LogP) is 2.19. The number of aliphatic hydroxyl groups excluding tert-OH is 1. The number of nitrogens with zero attached hydrogens (tertiary/aromatic N) is 2. The van der Waals surface area contributed by atoms with E-state index in [0.717, 1.165) is 17.7 Å². The Morgan fingerprint density at radius 3 is 2.38 bits per heavy atom. The molecule has 1 aromatic heterocycles. The predicted molar refractivity (Wildman–Crippen MR) is 81.6 cm³/mol. The van der Waals surface area contributed by atoms with E-state index in [1.165, 1.54) is 4.57 Å². The molecule has 0 amide bonds. The Balaban J connectivity index is 2.04. The lowest BCUT2D eigenvalue weighted by atomic mass is 10.1. The van der Waals surface area contributed by atoms with Crippen molar-refractivity contribution < 1.29 is 9.84 Å². The molecule has 1 atom stereocenters. The van der Waals surface area contributed by atoms with Crippen molar-refractivity contribution in [2.45, 2.75) is 39.5 Å². The van der Waals surface area contributed by atoms with Crippen molar-refractivity contribution >= 4 is 0 Å². The maximum absolute atomic E-state index is 11.9. The minimum Gasteiger partial charge on any atom is -0.494 e. The lowest BCUT2D eigenvalue weighted by Crippen LogP contribution is -2.25. The average Bonchev–Trinajstić information content (AvgIpc) is 2.86. The van der Waals surface area contributed by atoms with E-state index in [4.69, 9.17) is 4.74 Å². The van der Waals surface area contributed by atoms with Gasteiger partial charge in [0.1, 0.15) is 5.75 Å². The van der Waals surface area contributed by atoms with Crippen LogP contribution in [-0.2, 0) is 13.1 Å². The van der Waals surface area contributed by atoms with E-state index in [-0.39, 0.29) is 12.2 Å². The van der Waals surface area contributed by atoms with Crippen LogP contribution in [0.4, 0.5) is 0 Å². The van der Waals surface area contributed by atoms with Crippen LogP contribution in [-0.4, -0.2) is 20.8 Å². The van der Waals surface area contributed by atoms with Gasteiger partial charge in [-0.2, -0.15) is 0 Å². The minimum atomic E-state index is -0.712. The number of ether oxygens (including phenoxy) is 1. The van der Waals surface area contributed by atoms with E-state index < -0.39 is 6.10 Å². The van der Waals surface area contributed by atoms with Crippen LogP contribution in [0.5, 0.6) is 5.75 Å². The molecule has 0 radical (unpaired) electrons. The highest BCUT2D eigenvalue weighted by Gasteiger charge is 2.11. The zero-order chi connectivity index (χ0) is 15.2. The monoisotopic (exact) mass is 290 g/mol. The van der Waals surface area contributed by atoms with Gasteiger partial charge in [0, 0.05) is 18.9 Å². The molecule has 5 nitrogen and oxygen atoms in total. The maximum Gasteiger partial charge on any atom is 0.328 e. The molecule has 1 aromatic carbocycles. The summed E-state index contributed by atoms with van der Waals surface area (Å²) >= 11 is 0. The minimum absolute atomic E-state index is 0.0977. The topological polar surface area (TPSA) is 56.4 Å². The van der Waals surface area contributed by atoms with Gasteiger partial charge in [-0.15, -0.1) is 0 Å². The fourth-order valence-corrected chi connectivity index (χ4v) is 2.13. The molecule has 0 aliphatic carbocycles. The van der Waals surface area contributed by atoms with Gasteiger partial charge in [0.2, 0.25) is 0 Å². The second-order valence-corrected chi connectivity index (χ2v) is 4.95. The molecule has 0 aliphatic rings. The second-order valence-electron chi connectivity index (χ2n) is 4.95. The normalized spacial score (nSPS) is 12.3. The molecule has 114 valence electrons. The molecule has 0 saturated heterocycles. The van der Waals surface area contributed by atoms with E-state index in [2.05, 4.69) is 6.92 Å². The third kappa shape index (κ3) is 3.76. The van der Waals surface area contributed by atoms with Crippen LogP contribution < -0.4 is 10.4 Å². The summed E-state index contributed by atoms with van der Waals surface area (Å²) in [5.41, 5.74) is 0.675. The maximum atomic E-state index is 11.9. The van der Waals surface area contributed by atoms with Gasteiger partial charge >= 0.3 is 5.69 Å². The van der Waals surface area contributed by atoms with Crippen LogP contribution in [0, 0.1) is 0 Å². The number of aliphatic hydroxyl groups is 1. The molecule has 1 N–H and O–H groups in total. The number of benzene rings is 1. The lowest BCUT2D eigenvalue weighted by molar-refractivity contribution is 0.155. The summed E-state index contributed by atoms with van der Waals surface area (Å²) in [4.78, 5) is 11.9. The Hall–Kier alpha value is -2.01. The summed E-state index contributed by atoms with van der Waals surface area (Å²) in [5, 5.41) is 10.2. The van der Waals surface area contributed by atoms with E-state index in [1.54, 1.807) is 17.0 Å². The molecule has 1 heterocycles. The molecular formula is C16H22N2O3. The van der Waals surface area contributed by atoms with Crippen molar-refractivity contribution in [3.63, 3.8) is 0 Å². The number of imidazole rings is 1. The van der Waals surface area contributed by atoms with Crippen molar-refractivity contribution in [3.8, 4) is 5.75 Å². The molecular weight excluding hydrogens is 268 g/mol. The Morgan fingerprint density at radius 2 is 1.81 bits per heavy atom. The van der Waals surface area contributed by atoms with E-state index >= 15 is 0 Å². The molecule has 0 spiro atoms. The third-order valence-electron chi connectivity index (χ3n) is 3.37. The molecule has 1 unspecified atom stereocenters. The zero-order valence-corrected chi connectivity index (χ0v) is 12.5. The molecule has 21 heavy (non-hydrogen) atoms. The van der Waals surface area contributed by atoms with Gasteiger partial charge in [-0.3, -0.25) is 9.13 Å². The van der Waals surface area contributed by atoms with Crippen LogP contribution in [0.2, 0.25) is 0 Å². The smallest absolute Gasteiger partial charge is 0.328 e. The summed E-state index contributed by atoms with van der Waals surface area (Å²) in [6.07, 6.45) is 3.68. The summed E-state index contributed by atoms with van der Waals surface area (Å²) in [6, 6.07) is 7.34. The summed E-state index contributed by atoms with van der Waals surface area (Å²) < 4.78 is 8.63. The molecule has 0 bridgehead atoms.